The SMILES string of the molecule is C=CCOc1ccc(C2C(=C(O)c3cc(C)ccc3C)C(=O)C(=O)N2CCN(C)C)cc1. The van der Waals surface area contributed by atoms with Gasteiger partial charge < -0.3 is 19.6 Å². The molecule has 168 valence electrons. The normalized spacial score (nSPS) is 17.8. The fourth-order valence-electron chi connectivity index (χ4n) is 3.80. The average Bonchev–Trinajstić information content (AvgIpc) is 3.02. The van der Waals surface area contributed by atoms with Crippen molar-refractivity contribution in [2.75, 3.05) is 33.8 Å². The number of amides is 1. The quantitative estimate of drug-likeness (QED) is 0.296. The van der Waals surface area contributed by atoms with Gasteiger partial charge in [0, 0.05) is 18.7 Å². The minimum atomic E-state index is -0.677. The zero-order chi connectivity index (χ0) is 23.4. The molecule has 1 unspecified atom stereocenters. The lowest BCUT2D eigenvalue weighted by Gasteiger charge is -2.26. The van der Waals surface area contributed by atoms with Crippen LogP contribution in [0.5, 0.6) is 5.75 Å². The number of aliphatic hydroxyl groups is 1. The van der Waals surface area contributed by atoms with E-state index in [9.17, 15) is 14.7 Å². The van der Waals surface area contributed by atoms with Crippen molar-refractivity contribution in [3.63, 3.8) is 0 Å². The number of benzene rings is 2. The van der Waals surface area contributed by atoms with Crippen LogP contribution < -0.4 is 4.74 Å². The van der Waals surface area contributed by atoms with Gasteiger partial charge in [-0.25, -0.2) is 0 Å². The average molecular weight is 435 g/mol. The van der Waals surface area contributed by atoms with E-state index in [1.54, 1.807) is 23.1 Å². The lowest BCUT2D eigenvalue weighted by Crippen LogP contribution is -2.35. The van der Waals surface area contributed by atoms with Crippen molar-refractivity contribution in [1.29, 1.82) is 0 Å². The van der Waals surface area contributed by atoms with Gasteiger partial charge in [-0.1, -0.05) is 42.5 Å². The van der Waals surface area contributed by atoms with E-state index in [1.807, 2.05) is 63.2 Å². The number of ether oxygens (including phenoxy) is 1. The van der Waals surface area contributed by atoms with E-state index in [2.05, 4.69) is 6.58 Å². The number of carbonyl (C=O) groups is 2. The Hall–Kier alpha value is -3.38. The number of rotatable bonds is 8. The third-order valence-corrected chi connectivity index (χ3v) is 5.54. The van der Waals surface area contributed by atoms with Crippen LogP contribution in [0.2, 0.25) is 0 Å². The summed E-state index contributed by atoms with van der Waals surface area (Å²) in [5, 5.41) is 11.2. The van der Waals surface area contributed by atoms with Gasteiger partial charge in [0.05, 0.1) is 11.6 Å². The summed E-state index contributed by atoms with van der Waals surface area (Å²) in [7, 11) is 3.82. The number of likely N-dealkylation sites (N-methyl/N-ethyl adjacent to an activating group) is 1. The zero-order valence-electron chi connectivity index (χ0n) is 19.1. The highest BCUT2D eigenvalue weighted by Gasteiger charge is 2.46. The maximum Gasteiger partial charge on any atom is 0.295 e. The van der Waals surface area contributed by atoms with E-state index in [-0.39, 0.29) is 11.3 Å². The fourth-order valence-corrected chi connectivity index (χ4v) is 3.80. The van der Waals surface area contributed by atoms with Crippen LogP contribution in [0, 0.1) is 13.8 Å². The summed E-state index contributed by atoms with van der Waals surface area (Å²) >= 11 is 0. The van der Waals surface area contributed by atoms with Gasteiger partial charge in [0.2, 0.25) is 0 Å². The van der Waals surface area contributed by atoms with Gasteiger partial charge >= 0.3 is 0 Å². The molecule has 0 saturated carbocycles. The van der Waals surface area contributed by atoms with Gasteiger partial charge in [-0.3, -0.25) is 9.59 Å². The lowest BCUT2D eigenvalue weighted by atomic mass is 9.93. The minimum absolute atomic E-state index is 0.113. The molecule has 1 aliphatic heterocycles. The van der Waals surface area contributed by atoms with E-state index in [1.165, 1.54) is 0 Å². The molecule has 1 atom stereocenters. The smallest absolute Gasteiger partial charge is 0.295 e. The molecule has 0 radical (unpaired) electrons. The second kappa shape index (κ2) is 9.83. The summed E-state index contributed by atoms with van der Waals surface area (Å²) in [5.74, 6) is -0.753. The topological polar surface area (TPSA) is 70.1 Å². The van der Waals surface area contributed by atoms with Crippen LogP contribution in [0.3, 0.4) is 0 Å². The number of carbonyl (C=O) groups excluding carboxylic acids is 2. The molecule has 6 heteroatoms. The van der Waals surface area contributed by atoms with Crippen LogP contribution in [0.25, 0.3) is 5.76 Å². The number of likely N-dealkylation sites (tertiary alicyclic amines) is 1. The number of aryl methyl sites for hydroxylation is 2. The van der Waals surface area contributed by atoms with Crippen LogP contribution >= 0.6 is 0 Å². The van der Waals surface area contributed by atoms with Crippen molar-refractivity contribution in [1.82, 2.24) is 9.80 Å². The molecule has 1 aliphatic rings. The first-order chi connectivity index (χ1) is 15.2. The van der Waals surface area contributed by atoms with E-state index in [4.69, 9.17) is 4.74 Å². The number of nitrogens with zero attached hydrogens (tertiary/aromatic N) is 2. The number of ketones is 1. The third-order valence-electron chi connectivity index (χ3n) is 5.54. The molecule has 0 spiro atoms. The van der Waals surface area contributed by atoms with Crippen molar-refractivity contribution >= 4 is 17.4 Å². The van der Waals surface area contributed by atoms with E-state index < -0.39 is 17.7 Å². The highest BCUT2D eigenvalue weighted by Crippen LogP contribution is 2.40. The Kier molecular flexibility index (Phi) is 7.15. The fraction of sp³-hybridized carbons (Fsp3) is 0.308. The van der Waals surface area contributed by atoms with Gasteiger partial charge in [0.15, 0.2) is 0 Å². The maximum atomic E-state index is 13.1. The van der Waals surface area contributed by atoms with Crippen LogP contribution in [0.15, 0.2) is 60.7 Å². The standard InChI is InChI=1S/C26H30N2O4/c1-6-15-32-20-11-9-19(10-12-20)23-22(24(29)21-16-17(2)7-8-18(21)3)25(30)26(31)28(23)14-13-27(4)5/h6-12,16,23,29H,1,13-15H2,2-5H3. The van der Waals surface area contributed by atoms with Gasteiger partial charge in [0.25, 0.3) is 11.7 Å². The van der Waals surface area contributed by atoms with Crippen LogP contribution in [0.4, 0.5) is 0 Å². The van der Waals surface area contributed by atoms with Crippen molar-refractivity contribution in [3.05, 3.63) is 82.9 Å². The van der Waals surface area contributed by atoms with E-state index in [0.717, 1.165) is 16.7 Å². The number of Topliss-reactive ketones (excluding diaryl/α,β-unsaturated/α-hetero) is 1. The Morgan fingerprint density at radius 1 is 1.16 bits per heavy atom. The highest BCUT2D eigenvalue weighted by molar-refractivity contribution is 6.46. The monoisotopic (exact) mass is 434 g/mol. The summed E-state index contributed by atoms with van der Waals surface area (Å²) in [6.07, 6.45) is 1.66. The van der Waals surface area contributed by atoms with Crippen LogP contribution in [-0.2, 0) is 9.59 Å². The Morgan fingerprint density at radius 2 is 1.84 bits per heavy atom. The largest absolute Gasteiger partial charge is 0.507 e. The first-order valence-electron chi connectivity index (χ1n) is 10.6. The number of aliphatic hydroxyl groups excluding tert-OH is 1. The molecule has 2 aromatic rings. The third kappa shape index (κ3) is 4.75. The molecule has 1 amide bonds. The molecule has 0 aromatic heterocycles. The molecular formula is C26H30N2O4. The summed E-state index contributed by atoms with van der Waals surface area (Å²) in [4.78, 5) is 29.6. The predicted octanol–water partition coefficient (Wildman–Crippen LogP) is 3.85. The van der Waals surface area contributed by atoms with Crippen LogP contribution in [-0.4, -0.2) is 60.4 Å². The molecule has 1 saturated heterocycles. The first kappa shape index (κ1) is 23.3. The summed E-state index contributed by atoms with van der Waals surface area (Å²) in [5.41, 5.74) is 3.20. The molecule has 0 aliphatic carbocycles. The molecular weight excluding hydrogens is 404 g/mol. The zero-order valence-corrected chi connectivity index (χ0v) is 19.1. The van der Waals surface area contributed by atoms with E-state index in [0.29, 0.717) is 31.0 Å². The Balaban J connectivity index is 2.12. The van der Waals surface area contributed by atoms with Gasteiger partial charge in [0.1, 0.15) is 18.1 Å². The Morgan fingerprint density at radius 3 is 2.47 bits per heavy atom. The molecule has 0 bridgehead atoms. The Labute approximate surface area is 189 Å². The number of hydrogen-bond donors (Lipinski definition) is 1. The van der Waals surface area contributed by atoms with Gasteiger partial charge in [-0.15, -0.1) is 0 Å². The maximum absolute atomic E-state index is 13.1. The molecule has 1 heterocycles. The van der Waals surface area contributed by atoms with Crippen molar-refractivity contribution in [2.24, 2.45) is 0 Å². The van der Waals surface area contributed by atoms with Gasteiger partial charge in [-0.05, 0) is 57.3 Å². The van der Waals surface area contributed by atoms with Crippen molar-refractivity contribution in [2.45, 2.75) is 19.9 Å². The molecule has 3 rings (SSSR count). The molecule has 6 nitrogen and oxygen atoms in total. The molecule has 1 fully saturated rings. The van der Waals surface area contributed by atoms with E-state index >= 15 is 0 Å². The minimum Gasteiger partial charge on any atom is -0.507 e. The second-order valence-electron chi connectivity index (χ2n) is 8.28. The second-order valence-corrected chi connectivity index (χ2v) is 8.28. The summed E-state index contributed by atoms with van der Waals surface area (Å²) in [6.45, 7) is 8.77. The summed E-state index contributed by atoms with van der Waals surface area (Å²) in [6, 6.07) is 12.2. The van der Waals surface area contributed by atoms with Gasteiger partial charge in [-0.2, -0.15) is 0 Å². The predicted molar refractivity (Wildman–Crippen MR) is 126 cm³/mol. The van der Waals surface area contributed by atoms with Crippen molar-refractivity contribution < 1.29 is 19.4 Å². The Bertz CT molecular complexity index is 1050. The summed E-state index contributed by atoms with van der Waals surface area (Å²) < 4.78 is 5.56. The molecule has 32 heavy (non-hydrogen) atoms. The molecule has 2 aromatic carbocycles. The lowest BCUT2D eigenvalue weighted by molar-refractivity contribution is -0.140. The van der Waals surface area contributed by atoms with Crippen molar-refractivity contribution in [3.8, 4) is 5.75 Å². The highest BCUT2D eigenvalue weighted by atomic mass is 16.5. The van der Waals surface area contributed by atoms with Crippen LogP contribution in [0.1, 0.15) is 28.3 Å². The first-order valence-corrected chi connectivity index (χ1v) is 10.6. The number of hydrogen-bond acceptors (Lipinski definition) is 5. The molecule has 1 N–H and O–H groups in total.